The van der Waals surface area contributed by atoms with Crippen molar-refractivity contribution < 1.29 is 18.3 Å². The molecule has 6 nitrogen and oxygen atoms in total. The largest absolute Gasteiger partial charge is 0.480 e. The van der Waals surface area contributed by atoms with Crippen LogP contribution in [0.2, 0.25) is 10.0 Å². The van der Waals surface area contributed by atoms with Gasteiger partial charge in [0.1, 0.15) is 6.04 Å². The summed E-state index contributed by atoms with van der Waals surface area (Å²) in [7, 11) is -3.45. The van der Waals surface area contributed by atoms with E-state index in [0.29, 0.717) is 25.1 Å². The molecule has 1 aliphatic heterocycles. The highest BCUT2D eigenvalue weighted by Crippen LogP contribution is 2.35. The fourth-order valence-electron chi connectivity index (χ4n) is 2.78. The summed E-state index contributed by atoms with van der Waals surface area (Å²) in [6.45, 7) is 2.50. The van der Waals surface area contributed by atoms with Crippen LogP contribution in [-0.4, -0.2) is 49.3 Å². The number of carboxylic acids is 1. The van der Waals surface area contributed by atoms with Gasteiger partial charge in [-0.05, 0) is 12.5 Å². The molecular weight excluding hydrogens is 363 g/mol. The van der Waals surface area contributed by atoms with E-state index in [4.69, 9.17) is 23.2 Å². The molecular formula is C14H18Cl2N2O4S. The van der Waals surface area contributed by atoms with Gasteiger partial charge in [0.15, 0.2) is 0 Å². The summed E-state index contributed by atoms with van der Waals surface area (Å²) in [6.07, 6.45) is 0.372. The van der Waals surface area contributed by atoms with Crippen LogP contribution in [0, 0.1) is 0 Å². The summed E-state index contributed by atoms with van der Waals surface area (Å²) in [5.74, 6) is -1.09. The zero-order valence-corrected chi connectivity index (χ0v) is 14.8. The van der Waals surface area contributed by atoms with Crippen LogP contribution in [0.15, 0.2) is 18.2 Å². The first kappa shape index (κ1) is 18.5. The van der Waals surface area contributed by atoms with Gasteiger partial charge < -0.3 is 5.11 Å². The molecule has 2 N–H and O–H groups in total. The Morgan fingerprint density at radius 2 is 2.17 bits per heavy atom. The summed E-state index contributed by atoms with van der Waals surface area (Å²) < 4.78 is 26.7. The predicted molar refractivity (Wildman–Crippen MR) is 89.4 cm³/mol. The van der Waals surface area contributed by atoms with Crippen molar-refractivity contribution in [2.75, 3.05) is 19.6 Å². The number of halogens is 2. The molecule has 0 radical (unpaired) electrons. The van der Waals surface area contributed by atoms with Gasteiger partial charge in [-0.25, -0.2) is 13.1 Å². The minimum atomic E-state index is -3.45. The van der Waals surface area contributed by atoms with Gasteiger partial charge in [-0.15, -0.1) is 0 Å². The van der Waals surface area contributed by atoms with Crippen LogP contribution in [0.3, 0.4) is 0 Å². The maximum atomic E-state index is 12.1. The van der Waals surface area contributed by atoms with Gasteiger partial charge in [-0.3, -0.25) is 9.69 Å². The molecule has 1 aromatic rings. The van der Waals surface area contributed by atoms with Crippen molar-refractivity contribution in [3.8, 4) is 0 Å². The third-order valence-electron chi connectivity index (χ3n) is 3.84. The van der Waals surface area contributed by atoms with Crippen LogP contribution in [-0.2, 0) is 14.8 Å². The molecule has 128 valence electrons. The van der Waals surface area contributed by atoms with Crippen LogP contribution in [0.1, 0.15) is 24.9 Å². The van der Waals surface area contributed by atoms with Crippen LogP contribution in [0.25, 0.3) is 0 Å². The summed E-state index contributed by atoms with van der Waals surface area (Å²) in [4.78, 5) is 13.3. The Morgan fingerprint density at radius 1 is 1.48 bits per heavy atom. The number of hydrogen-bond acceptors (Lipinski definition) is 4. The summed E-state index contributed by atoms with van der Waals surface area (Å²) in [6, 6.07) is 3.78. The van der Waals surface area contributed by atoms with Crippen molar-refractivity contribution in [3.05, 3.63) is 33.8 Å². The number of sulfonamides is 1. The van der Waals surface area contributed by atoms with Crippen LogP contribution >= 0.6 is 23.2 Å². The monoisotopic (exact) mass is 380 g/mol. The Hall–Kier alpha value is -0.860. The minimum Gasteiger partial charge on any atom is -0.480 e. The molecule has 2 rings (SSSR count). The maximum absolute atomic E-state index is 12.1. The van der Waals surface area contributed by atoms with E-state index in [1.165, 1.54) is 0 Å². The molecule has 2 unspecified atom stereocenters. The topological polar surface area (TPSA) is 86.7 Å². The summed E-state index contributed by atoms with van der Waals surface area (Å²) in [5.41, 5.74) is 0.369. The third-order valence-corrected chi connectivity index (χ3v) is 6.62. The van der Waals surface area contributed by atoms with Gasteiger partial charge in [0.2, 0.25) is 10.0 Å². The molecule has 9 heteroatoms. The Labute approximate surface area is 145 Å². The number of likely N-dealkylation sites (tertiary alicyclic amines) is 1. The molecule has 0 aliphatic carbocycles. The van der Waals surface area contributed by atoms with E-state index in [9.17, 15) is 18.3 Å². The quantitative estimate of drug-likeness (QED) is 0.789. The lowest BCUT2D eigenvalue weighted by molar-refractivity contribution is -0.143. The van der Waals surface area contributed by atoms with Crippen molar-refractivity contribution in [1.29, 1.82) is 0 Å². The highest BCUT2D eigenvalue weighted by atomic mass is 35.5. The normalized spacial score (nSPS) is 20.6. The fourth-order valence-corrected chi connectivity index (χ4v) is 4.63. The third kappa shape index (κ3) is 3.97. The number of aliphatic carboxylic acids is 1. The smallest absolute Gasteiger partial charge is 0.325 e. The SMILES string of the molecule is CCNS(=O)(=O)C1CCN(C(C(=O)O)c2cccc(Cl)c2Cl)C1. The Balaban J connectivity index is 2.28. The van der Waals surface area contributed by atoms with Gasteiger partial charge in [0.25, 0.3) is 0 Å². The van der Waals surface area contributed by atoms with E-state index >= 15 is 0 Å². The first-order valence-corrected chi connectivity index (χ1v) is 9.47. The molecule has 1 aromatic carbocycles. The molecule has 1 aliphatic rings. The van der Waals surface area contributed by atoms with Crippen molar-refractivity contribution in [3.63, 3.8) is 0 Å². The van der Waals surface area contributed by atoms with E-state index < -0.39 is 27.3 Å². The predicted octanol–water partition coefficient (Wildman–Crippen LogP) is 2.13. The molecule has 2 atom stereocenters. The van der Waals surface area contributed by atoms with Crippen LogP contribution < -0.4 is 4.72 Å². The van der Waals surface area contributed by atoms with Crippen LogP contribution in [0.4, 0.5) is 0 Å². The lowest BCUT2D eigenvalue weighted by Gasteiger charge is -2.25. The highest BCUT2D eigenvalue weighted by molar-refractivity contribution is 7.90. The molecule has 1 heterocycles. The minimum absolute atomic E-state index is 0.134. The first-order chi connectivity index (χ1) is 10.8. The number of rotatable bonds is 6. The Morgan fingerprint density at radius 3 is 2.78 bits per heavy atom. The number of benzene rings is 1. The lowest BCUT2D eigenvalue weighted by atomic mass is 10.1. The van der Waals surface area contributed by atoms with Gasteiger partial charge in [-0.1, -0.05) is 42.3 Å². The fraction of sp³-hybridized carbons (Fsp3) is 0.500. The zero-order valence-electron chi connectivity index (χ0n) is 12.5. The summed E-state index contributed by atoms with van der Waals surface area (Å²) >= 11 is 12.1. The van der Waals surface area contributed by atoms with Crippen molar-refractivity contribution in [2.45, 2.75) is 24.6 Å². The standard InChI is InChI=1S/C14H18Cl2N2O4S/c1-2-17-23(21,22)9-6-7-18(8-9)13(14(19)20)10-4-3-5-11(15)12(10)16/h3-5,9,13,17H,2,6-8H2,1H3,(H,19,20). The van der Waals surface area contributed by atoms with E-state index in [1.807, 2.05) is 0 Å². The van der Waals surface area contributed by atoms with Crippen LogP contribution in [0.5, 0.6) is 0 Å². The molecule has 0 bridgehead atoms. The van der Waals surface area contributed by atoms with E-state index in [2.05, 4.69) is 4.72 Å². The molecule has 0 aromatic heterocycles. The average Bonchev–Trinajstić information content (AvgIpc) is 2.94. The van der Waals surface area contributed by atoms with Gasteiger partial charge in [-0.2, -0.15) is 0 Å². The van der Waals surface area contributed by atoms with E-state index in [1.54, 1.807) is 30.0 Å². The summed E-state index contributed by atoms with van der Waals surface area (Å²) in [5, 5.41) is 9.40. The molecule has 1 saturated heterocycles. The van der Waals surface area contributed by atoms with Crippen molar-refractivity contribution >= 4 is 39.2 Å². The molecule has 23 heavy (non-hydrogen) atoms. The first-order valence-electron chi connectivity index (χ1n) is 7.17. The molecule has 1 fully saturated rings. The second-order valence-electron chi connectivity index (χ2n) is 5.33. The Bertz CT molecular complexity index is 696. The lowest BCUT2D eigenvalue weighted by Crippen LogP contribution is -2.38. The van der Waals surface area contributed by atoms with Gasteiger partial charge in [0, 0.05) is 25.2 Å². The van der Waals surface area contributed by atoms with E-state index in [-0.39, 0.29) is 16.6 Å². The van der Waals surface area contributed by atoms with E-state index in [0.717, 1.165) is 0 Å². The number of carboxylic acid groups (broad SMARTS) is 1. The highest BCUT2D eigenvalue weighted by Gasteiger charge is 2.39. The van der Waals surface area contributed by atoms with Crippen molar-refractivity contribution in [2.24, 2.45) is 0 Å². The number of hydrogen-bond donors (Lipinski definition) is 2. The number of nitrogens with one attached hydrogen (secondary N) is 1. The second-order valence-corrected chi connectivity index (χ2v) is 8.16. The zero-order chi connectivity index (χ0) is 17.2. The van der Waals surface area contributed by atoms with Crippen molar-refractivity contribution in [1.82, 2.24) is 9.62 Å². The maximum Gasteiger partial charge on any atom is 0.325 e. The average molecular weight is 381 g/mol. The molecule has 0 amide bonds. The number of nitrogens with zero attached hydrogens (tertiary/aromatic N) is 1. The molecule has 0 spiro atoms. The second kappa shape index (κ2) is 7.36. The molecule has 0 saturated carbocycles. The van der Waals surface area contributed by atoms with Gasteiger partial charge in [0.05, 0.1) is 15.3 Å². The number of carbonyl (C=O) groups is 1. The Kier molecular flexibility index (Phi) is 5.91. The van der Waals surface area contributed by atoms with Gasteiger partial charge >= 0.3 is 5.97 Å².